The van der Waals surface area contributed by atoms with Gasteiger partial charge in [0.05, 0.1) is 18.0 Å². The molecule has 1 saturated heterocycles. The summed E-state index contributed by atoms with van der Waals surface area (Å²) >= 11 is 3.46. The second-order valence-electron chi connectivity index (χ2n) is 5.01. The zero-order chi connectivity index (χ0) is 13.1. The fourth-order valence-electron chi connectivity index (χ4n) is 2.51. The zero-order valence-electron chi connectivity index (χ0n) is 10.9. The van der Waals surface area contributed by atoms with Crippen LogP contribution in [0.2, 0.25) is 0 Å². The van der Waals surface area contributed by atoms with Crippen LogP contribution in [0.25, 0.3) is 0 Å². The number of hydrogen-bond donors (Lipinski definition) is 1. The number of nitrogens with zero attached hydrogens (tertiary/aromatic N) is 3. The smallest absolute Gasteiger partial charge is 0.0639 e. The molecule has 0 aromatic carbocycles. The number of rotatable bonds is 3. The summed E-state index contributed by atoms with van der Waals surface area (Å²) in [5.74, 6) is 0. The van der Waals surface area contributed by atoms with E-state index in [0.29, 0.717) is 6.04 Å². The Balaban J connectivity index is 2.01. The van der Waals surface area contributed by atoms with E-state index in [0.717, 1.165) is 36.3 Å². The number of aromatic nitrogens is 1. The molecular weight excluding hydrogens is 294 g/mol. The zero-order valence-corrected chi connectivity index (χ0v) is 12.5. The number of aliphatic hydroxyl groups is 1. The third kappa shape index (κ3) is 3.43. The molecule has 1 aromatic rings. The van der Waals surface area contributed by atoms with Gasteiger partial charge in [0, 0.05) is 42.9 Å². The molecule has 1 aliphatic heterocycles. The van der Waals surface area contributed by atoms with Gasteiger partial charge in [-0.25, -0.2) is 0 Å². The van der Waals surface area contributed by atoms with Crippen molar-refractivity contribution in [3.05, 3.63) is 22.9 Å². The maximum Gasteiger partial charge on any atom is 0.0639 e. The maximum atomic E-state index is 9.44. The molecule has 0 aliphatic carbocycles. The predicted molar refractivity (Wildman–Crippen MR) is 76.9 cm³/mol. The monoisotopic (exact) mass is 313 g/mol. The summed E-state index contributed by atoms with van der Waals surface area (Å²) in [5, 5.41) is 9.44. The van der Waals surface area contributed by atoms with Gasteiger partial charge >= 0.3 is 0 Å². The number of hydrogen-bond acceptors (Lipinski definition) is 4. The molecule has 0 amide bonds. The lowest BCUT2D eigenvalue weighted by molar-refractivity contribution is 0.115. The van der Waals surface area contributed by atoms with Gasteiger partial charge < -0.3 is 10.0 Å². The van der Waals surface area contributed by atoms with Gasteiger partial charge in [-0.2, -0.15) is 0 Å². The molecule has 0 bridgehead atoms. The van der Waals surface area contributed by atoms with Crippen LogP contribution in [0, 0.1) is 0 Å². The van der Waals surface area contributed by atoms with Crippen LogP contribution in [0.5, 0.6) is 0 Å². The molecular formula is C13H20BrN3O. The number of aliphatic hydroxyl groups excluding tert-OH is 1. The summed E-state index contributed by atoms with van der Waals surface area (Å²) in [6, 6.07) is 2.54. The van der Waals surface area contributed by atoms with Crippen molar-refractivity contribution in [1.29, 1.82) is 0 Å². The minimum Gasteiger partial charge on any atom is -0.392 e. The Bertz CT molecular complexity index is 400. The molecule has 4 nitrogen and oxygen atoms in total. The van der Waals surface area contributed by atoms with Crippen molar-refractivity contribution in [2.24, 2.45) is 0 Å². The van der Waals surface area contributed by atoms with Crippen molar-refractivity contribution >= 4 is 21.6 Å². The van der Waals surface area contributed by atoms with E-state index in [-0.39, 0.29) is 6.10 Å². The highest BCUT2D eigenvalue weighted by Crippen LogP contribution is 2.22. The minimum absolute atomic E-state index is 0.253. The van der Waals surface area contributed by atoms with Crippen molar-refractivity contribution in [3.63, 3.8) is 0 Å². The van der Waals surface area contributed by atoms with E-state index in [4.69, 9.17) is 0 Å². The molecule has 2 heterocycles. The predicted octanol–water partition coefficient (Wildman–Crippen LogP) is 1.74. The highest BCUT2D eigenvalue weighted by atomic mass is 79.9. The summed E-state index contributed by atoms with van der Waals surface area (Å²) < 4.78 is 1.01. The number of pyridine rings is 1. The van der Waals surface area contributed by atoms with Gasteiger partial charge in [-0.05, 0) is 35.8 Å². The van der Waals surface area contributed by atoms with E-state index in [1.165, 1.54) is 0 Å². The fourth-order valence-corrected chi connectivity index (χ4v) is 2.87. The average molecular weight is 314 g/mol. The Labute approximate surface area is 117 Å². The summed E-state index contributed by atoms with van der Waals surface area (Å²) in [5.41, 5.74) is 1.16. The summed E-state index contributed by atoms with van der Waals surface area (Å²) in [6.45, 7) is 7.77. The summed E-state index contributed by atoms with van der Waals surface area (Å²) in [4.78, 5) is 8.91. The lowest BCUT2D eigenvalue weighted by Crippen LogP contribution is -2.53. The molecule has 18 heavy (non-hydrogen) atoms. The Kier molecular flexibility index (Phi) is 4.59. The Morgan fingerprint density at radius 1 is 1.50 bits per heavy atom. The molecule has 100 valence electrons. The van der Waals surface area contributed by atoms with Gasteiger partial charge in [0.1, 0.15) is 0 Å². The van der Waals surface area contributed by atoms with Crippen LogP contribution in [0.4, 0.5) is 5.69 Å². The second kappa shape index (κ2) is 5.99. The lowest BCUT2D eigenvalue weighted by atomic mass is 10.1. The Morgan fingerprint density at radius 3 is 2.89 bits per heavy atom. The van der Waals surface area contributed by atoms with Crippen molar-refractivity contribution in [2.45, 2.75) is 26.0 Å². The molecule has 0 saturated carbocycles. The van der Waals surface area contributed by atoms with Crippen LogP contribution in [-0.4, -0.2) is 53.3 Å². The Morgan fingerprint density at radius 2 is 2.28 bits per heavy atom. The Hall–Kier alpha value is -0.650. The highest BCUT2D eigenvalue weighted by molar-refractivity contribution is 9.10. The second-order valence-corrected chi connectivity index (χ2v) is 5.93. The van der Waals surface area contributed by atoms with E-state index in [1.54, 1.807) is 6.20 Å². The summed E-state index contributed by atoms with van der Waals surface area (Å²) in [6.07, 6.45) is 3.46. The van der Waals surface area contributed by atoms with Gasteiger partial charge in [0.2, 0.25) is 0 Å². The fraction of sp³-hybridized carbons (Fsp3) is 0.615. The number of anilines is 1. The molecule has 2 unspecified atom stereocenters. The van der Waals surface area contributed by atoms with Gasteiger partial charge in [-0.1, -0.05) is 0 Å². The minimum atomic E-state index is -0.253. The first-order valence-corrected chi connectivity index (χ1v) is 7.13. The summed E-state index contributed by atoms with van der Waals surface area (Å²) in [7, 11) is 0. The maximum absolute atomic E-state index is 9.44. The van der Waals surface area contributed by atoms with Gasteiger partial charge in [-0.3, -0.25) is 9.88 Å². The largest absolute Gasteiger partial charge is 0.392 e. The number of halogens is 1. The highest BCUT2D eigenvalue weighted by Gasteiger charge is 2.24. The normalized spacial score (nSPS) is 23.1. The molecule has 1 fully saturated rings. The van der Waals surface area contributed by atoms with Crippen molar-refractivity contribution in [2.75, 3.05) is 31.1 Å². The van der Waals surface area contributed by atoms with E-state index >= 15 is 0 Å². The average Bonchev–Trinajstić information content (AvgIpc) is 2.28. The number of piperazine rings is 1. The van der Waals surface area contributed by atoms with Crippen LogP contribution < -0.4 is 4.90 Å². The molecule has 0 radical (unpaired) electrons. The molecule has 1 aromatic heterocycles. The molecule has 2 atom stereocenters. The van der Waals surface area contributed by atoms with Crippen molar-refractivity contribution < 1.29 is 5.11 Å². The van der Waals surface area contributed by atoms with Crippen LogP contribution in [0.1, 0.15) is 13.8 Å². The van der Waals surface area contributed by atoms with Crippen LogP contribution >= 0.6 is 15.9 Å². The first-order chi connectivity index (χ1) is 8.56. The molecule has 1 N–H and O–H groups in total. The first kappa shape index (κ1) is 13.8. The van der Waals surface area contributed by atoms with Gasteiger partial charge in [0.15, 0.2) is 0 Å². The molecule has 5 heteroatoms. The van der Waals surface area contributed by atoms with Crippen molar-refractivity contribution in [1.82, 2.24) is 9.88 Å². The molecule has 2 rings (SSSR count). The van der Waals surface area contributed by atoms with Crippen LogP contribution in [-0.2, 0) is 0 Å². The van der Waals surface area contributed by atoms with Crippen LogP contribution in [0.3, 0.4) is 0 Å². The third-order valence-corrected chi connectivity index (χ3v) is 3.69. The lowest BCUT2D eigenvalue weighted by Gasteiger charge is -2.41. The first-order valence-electron chi connectivity index (χ1n) is 6.34. The third-order valence-electron chi connectivity index (χ3n) is 3.26. The van der Waals surface area contributed by atoms with Gasteiger partial charge in [-0.15, -0.1) is 0 Å². The standard InChI is InChI=1S/C13H20BrN3O/c1-10-8-16(9-11(2)18)3-4-17(10)13-5-12(14)6-15-7-13/h5-7,10-11,18H,3-4,8-9H2,1-2H3. The van der Waals surface area contributed by atoms with E-state index in [2.05, 4.69) is 43.7 Å². The molecule has 0 spiro atoms. The van der Waals surface area contributed by atoms with E-state index in [9.17, 15) is 5.11 Å². The topological polar surface area (TPSA) is 39.6 Å². The van der Waals surface area contributed by atoms with Crippen molar-refractivity contribution in [3.8, 4) is 0 Å². The van der Waals surface area contributed by atoms with E-state index < -0.39 is 0 Å². The van der Waals surface area contributed by atoms with E-state index in [1.807, 2.05) is 13.1 Å². The number of β-amino-alcohol motifs (C(OH)–C–C–N with tert-alkyl or cyclic N) is 1. The van der Waals surface area contributed by atoms with Gasteiger partial charge in [0.25, 0.3) is 0 Å². The SMILES string of the molecule is CC(O)CN1CCN(c2cncc(Br)c2)C(C)C1. The quantitative estimate of drug-likeness (QED) is 0.922. The molecule has 1 aliphatic rings. The van der Waals surface area contributed by atoms with Crippen LogP contribution in [0.15, 0.2) is 22.9 Å².